The van der Waals surface area contributed by atoms with Crippen LogP contribution < -0.4 is 0 Å². The quantitative estimate of drug-likeness (QED) is 0.804. The maximum Gasteiger partial charge on any atom is 0.214 e. The molecular formula is C11H23NO4S. The van der Waals surface area contributed by atoms with Crippen molar-refractivity contribution in [1.82, 2.24) is 4.31 Å². The Balaban J connectivity index is 2.77. The van der Waals surface area contributed by atoms with Crippen LogP contribution in [0.4, 0.5) is 0 Å². The third-order valence-electron chi connectivity index (χ3n) is 2.51. The van der Waals surface area contributed by atoms with E-state index in [0.29, 0.717) is 6.54 Å². The predicted molar refractivity (Wildman–Crippen MR) is 66.2 cm³/mol. The van der Waals surface area contributed by atoms with E-state index in [9.17, 15) is 8.42 Å². The second kappa shape index (κ2) is 5.22. The van der Waals surface area contributed by atoms with Gasteiger partial charge in [-0.1, -0.05) is 20.8 Å². The molecule has 17 heavy (non-hydrogen) atoms. The standard InChI is InChI=1S/C11H23NO4S/c1-9-5-12(6-10(7-13)16-9)17(14,15)8-11(2,3)4/h9-10,13H,5-8H2,1-4H3. The fourth-order valence-corrected chi connectivity index (χ4v) is 4.08. The van der Waals surface area contributed by atoms with Gasteiger partial charge in [0, 0.05) is 13.1 Å². The van der Waals surface area contributed by atoms with E-state index in [1.54, 1.807) is 0 Å². The van der Waals surface area contributed by atoms with Gasteiger partial charge in [0.15, 0.2) is 0 Å². The first-order valence-electron chi connectivity index (χ1n) is 5.88. The molecule has 2 unspecified atom stereocenters. The van der Waals surface area contributed by atoms with Gasteiger partial charge in [0.25, 0.3) is 0 Å². The first-order chi connectivity index (χ1) is 7.64. The molecule has 1 saturated heterocycles. The molecule has 0 aromatic rings. The summed E-state index contributed by atoms with van der Waals surface area (Å²) in [7, 11) is -3.27. The summed E-state index contributed by atoms with van der Waals surface area (Å²) in [6.45, 7) is 8.00. The molecule has 1 aliphatic heterocycles. The Kier molecular flexibility index (Phi) is 4.57. The van der Waals surface area contributed by atoms with Gasteiger partial charge in [-0.15, -0.1) is 0 Å². The Bertz CT molecular complexity index is 347. The molecule has 1 rings (SSSR count). The average Bonchev–Trinajstić information content (AvgIpc) is 2.13. The summed E-state index contributed by atoms with van der Waals surface area (Å²) < 4.78 is 31.3. The van der Waals surface area contributed by atoms with Crippen molar-refractivity contribution < 1.29 is 18.3 Å². The van der Waals surface area contributed by atoms with Gasteiger partial charge in [-0.2, -0.15) is 4.31 Å². The Morgan fingerprint density at radius 2 is 1.94 bits per heavy atom. The van der Waals surface area contributed by atoms with E-state index < -0.39 is 16.1 Å². The maximum absolute atomic E-state index is 12.2. The van der Waals surface area contributed by atoms with Crippen LogP contribution in [0.3, 0.4) is 0 Å². The summed E-state index contributed by atoms with van der Waals surface area (Å²) in [6, 6.07) is 0. The number of hydrogen-bond donors (Lipinski definition) is 1. The van der Waals surface area contributed by atoms with Gasteiger partial charge in [0.05, 0.1) is 24.6 Å². The van der Waals surface area contributed by atoms with E-state index in [-0.39, 0.29) is 30.4 Å². The predicted octanol–water partition coefficient (Wildman–Crippen LogP) is 0.444. The second-order valence-electron chi connectivity index (χ2n) is 5.89. The molecule has 0 aliphatic carbocycles. The fourth-order valence-electron chi connectivity index (χ4n) is 1.97. The van der Waals surface area contributed by atoms with Crippen molar-refractivity contribution in [2.24, 2.45) is 5.41 Å². The van der Waals surface area contributed by atoms with Crippen molar-refractivity contribution in [1.29, 1.82) is 0 Å². The van der Waals surface area contributed by atoms with Gasteiger partial charge in [-0.05, 0) is 12.3 Å². The molecule has 1 N–H and O–H groups in total. The van der Waals surface area contributed by atoms with Crippen LogP contribution in [0.25, 0.3) is 0 Å². The molecule has 1 heterocycles. The van der Waals surface area contributed by atoms with Crippen molar-refractivity contribution in [3.8, 4) is 0 Å². The third-order valence-corrected chi connectivity index (χ3v) is 4.82. The van der Waals surface area contributed by atoms with Crippen LogP contribution in [-0.2, 0) is 14.8 Å². The van der Waals surface area contributed by atoms with Crippen LogP contribution in [0.1, 0.15) is 27.7 Å². The average molecular weight is 265 g/mol. The summed E-state index contributed by atoms with van der Waals surface area (Å²) in [5.41, 5.74) is -0.269. The molecular weight excluding hydrogens is 242 g/mol. The van der Waals surface area contributed by atoms with Crippen LogP contribution in [0.2, 0.25) is 0 Å². The molecule has 0 aromatic carbocycles. The van der Waals surface area contributed by atoms with Crippen LogP contribution in [0, 0.1) is 5.41 Å². The molecule has 1 fully saturated rings. The summed E-state index contributed by atoms with van der Waals surface area (Å²) in [4.78, 5) is 0. The molecule has 1 aliphatic rings. The lowest BCUT2D eigenvalue weighted by Gasteiger charge is -2.36. The number of sulfonamides is 1. The molecule has 6 heteroatoms. The van der Waals surface area contributed by atoms with E-state index in [0.717, 1.165) is 0 Å². The van der Waals surface area contributed by atoms with Crippen molar-refractivity contribution in [2.45, 2.75) is 39.9 Å². The van der Waals surface area contributed by atoms with E-state index in [2.05, 4.69) is 0 Å². The molecule has 0 radical (unpaired) electrons. The van der Waals surface area contributed by atoms with Crippen LogP contribution in [0.15, 0.2) is 0 Å². The second-order valence-corrected chi connectivity index (χ2v) is 7.85. The number of ether oxygens (including phenoxy) is 1. The van der Waals surface area contributed by atoms with Gasteiger partial charge in [-0.25, -0.2) is 8.42 Å². The van der Waals surface area contributed by atoms with E-state index in [1.165, 1.54) is 4.31 Å². The normalized spacial score (nSPS) is 28.3. The lowest BCUT2D eigenvalue weighted by Crippen LogP contribution is -2.51. The summed E-state index contributed by atoms with van der Waals surface area (Å²) >= 11 is 0. The minimum Gasteiger partial charge on any atom is -0.394 e. The third kappa shape index (κ3) is 4.54. The summed E-state index contributed by atoms with van der Waals surface area (Å²) in [6.07, 6.45) is -0.580. The van der Waals surface area contributed by atoms with E-state index in [1.807, 2.05) is 27.7 Å². The summed E-state index contributed by atoms with van der Waals surface area (Å²) in [5.74, 6) is 0.116. The van der Waals surface area contributed by atoms with Gasteiger partial charge in [0.1, 0.15) is 0 Å². The zero-order valence-electron chi connectivity index (χ0n) is 11.0. The first kappa shape index (κ1) is 14.9. The molecule has 102 valence electrons. The smallest absolute Gasteiger partial charge is 0.214 e. The molecule has 0 aromatic heterocycles. The molecule has 0 saturated carbocycles. The van der Waals surface area contributed by atoms with Gasteiger partial charge < -0.3 is 9.84 Å². The number of hydrogen-bond acceptors (Lipinski definition) is 4. The molecule has 0 amide bonds. The van der Waals surface area contributed by atoms with E-state index in [4.69, 9.17) is 9.84 Å². The molecule has 2 atom stereocenters. The molecule has 0 bridgehead atoms. The number of aliphatic hydroxyl groups is 1. The van der Waals surface area contributed by atoms with Crippen molar-refractivity contribution in [2.75, 3.05) is 25.4 Å². The van der Waals surface area contributed by atoms with Crippen molar-refractivity contribution >= 4 is 10.0 Å². The monoisotopic (exact) mass is 265 g/mol. The van der Waals surface area contributed by atoms with Gasteiger partial charge in [-0.3, -0.25) is 0 Å². The maximum atomic E-state index is 12.2. The topological polar surface area (TPSA) is 66.8 Å². The highest BCUT2D eigenvalue weighted by molar-refractivity contribution is 7.89. The van der Waals surface area contributed by atoms with Crippen molar-refractivity contribution in [3.63, 3.8) is 0 Å². The van der Waals surface area contributed by atoms with Crippen LogP contribution in [-0.4, -0.2) is 55.5 Å². The number of rotatable bonds is 3. The minimum absolute atomic E-state index is 0.116. The van der Waals surface area contributed by atoms with Crippen LogP contribution in [0.5, 0.6) is 0 Å². The van der Waals surface area contributed by atoms with Gasteiger partial charge >= 0.3 is 0 Å². The minimum atomic E-state index is -3.27. The largest absolute Gasteiger partial charge is 0.394 e. The number of aliphatic hydroxyl groups excluding tert-OH is 1. The van der Waals surface area contributed by atoms with Crippen molar-refractivity contribution in [3.05, 3.63) is 0 Å². The molecule has 5 nitrogen and oxygen atoms in total. The van der Waals surface area contributed by atoms with E-state index >= 15 is 0 Å². The Labute approximate surface area is 104 Å². The Morgan fingerprint density at radius 3 is 2.41 bits per heavy atom. The highest BCUT2D eigenvalue weighted by atomic mass is 32.2. The highest BCUT2D eigenvalue weighted by Gasteiger charge is 2.34. The Morgan fingerprint density at radius 1 is 1.35 bits per heavy atom. The zero-order valence-corrected chi connectivity index (χ0v) is 11.8. The Hall–Kier alpha value is -0.170. The first-order valence-corrected chi connectivity index (χ1v) is 7.49. The lowest BCUT2D eigenvalue weighted by atomic mass is 10.0. The zero-order chi connectivity index (χ0) is 13.3. The van der Waals surface area contributed by atoms with Crippen LogP contribution >= 0.6 is 0 Å². The lowest BCUT2D eigenvalue weighted by molar-refractivity contribution is -0.0751. The fraction of sp³-hybridized carbons (Fsp3) is 1.00. The molecule has 0 spiro atoms. The highest BCUT2D eigenvalue weighted by Crippen LogP contribution is 2.21. The summed E-state index contributed by atoms with van der Waals surface area (Å²) in [5, 5.41) is 9.08. The number of morpholine rings is 1. The SMILES string of the molecule is CC1CN(S(=O)(=O)CC(C)(C)C)CC(CO)O1. The number of nitrogens with zero attached hydrogens (tertiary/aromatic N) is 1. The van der Waals surface area contributed by atoms with Gasteiger partial charge in [0.2, 0.25) is 10.0 Å².